The van der Waals surface area contributed by atoms with Gasteiger partial charge >= 0.3 is 5.97 Å². The van der Waals surface area contributed by atoms with Crippen LogP contribution in [0.25, 0.3) is 0 Å². The normalized spacial score (nSPS) is 27.7. The fourth-order valence-electron chi connectivity index (χ4n) is 4.84. The van der Waals surface area contributed by atoms with E-state index in [4.69, 9.17) is 21.1 Å². The third-order valence-corrected chi connectivity index (χ3v) is 6.61. The van der Waals surface area contributed by atoms with Crippen LogP contribution in [0.15, 0.2) is 42.5 Å². The molecule has 1 N–H and O–H groups in total. The molecule has 4 atom stereocenters. The molecule has 0 saturated carbocycles. The van der Waals surface area contributed by atoms with Crippen LogP contribution in [-0.4, -0.2) is 22.8 Å². The summed E-state index contributed by atoms with van der Waals surface area (Å²) >= 11 is 6.10. The molecule has 29 heavy (non-hydrogen) atoms. The fraction of sp³-hybridized carbons (Fsp3) is 0.458. The lowest BCUT2D eigenvalue weighted by atomic mass is 9.69. The average Bonchev–Trinajstić information content (AvgIpc) is 2.67. The summed E-state index contributed by atoms with van der Waals surface area (Å²) in [7, 11) is 0. The van der Waals surface area contributed by atoms with Gasteiger partial charge in [-0.1, -0.05) is 37.6 Å². The fourth-order valence-corrected chi connectivity index (χ4v) is 4.97. The van der Waals surface area contributed by atoms with Gasteiger partial charge in [-0.15, -0.1) is 0 Å². The van der Waals surface area contributed by atoms with Crippen molar-refractivity contribution in [3.8, 4) is 5.75 Å². The molecule has 4 rings (SSSR count). The van der Waals surface area contributed by atoms with Gasteiger partial charge in [0.2, 0.25) is 0 Å². The third-order valence-electron chi connectivity index (χ3n) is 6.36. The molecule has 0 aromatic heterocycles. The summed E-state index contributed by atoms with van der Waals surface area (Å²) < 4.78 is 13.1. The van der Waals surface area contributed by atoms with Gasteiger partial charge in [0.1, 0.15) is 11.4 Å². The Morgan fingerprint density at radius 3 is 2.48 bits per heavy atom. The summed E-state index contributed by atoms with van der Waals surface area (Å²) in [5.41, 5.74) is 1.90. The first-order chi connectivity index (χ1) is 13.7. The summed E-state index contributed by atoms with van der Waals surface area (Å²) in [6.45, 7) is 8.54. The quantitative estimate of drug-likeness (QED) is 0.659. The number of halogens is 1. The molecule has 0 bridgehead atoms. The summed E-state index contributed by atoms with van der Waals surface area (Å²) in [5.74, 6) is 0.419. The van der Waals surface area contributed by atoms with Crippen molar-refractivity contribution in [2.24, 2.45) is 11.8 Å². The third kappa shape index (κ3) is 3.64. The zero-order valence-electron chi connectivity index (χ0n) is 17.2. The van der Waals surface area contributed by atoms with Crippen LogP contribution in [0.5, 0.6) is 5.75 Å². The number of carboxylic acids is 1. The maximum absolute atomic E-state index is 11.5. The molecule has 0 unspecified atom stereocenters. The van der Waals surface area contributed by atoms with E-state index in [1.807, 2.05) is 12.1 Å². The number of fused-ring (bicyclic) bond motifs is 3. The number of benzene rings is 2. The molecule has 2 aromatic rings. The van der Waals surface area contributed by atoms with E-state index in [0.29, 0.717) is 11.7 Å². The van der Waals surface area contributed by atoms with Crippen molar-refractivity contribution in [3.05, 3.63) is 64.2 Å². The first-order valence-electron chi connectivity index (χ1n) is 10.1. The van der Waals surface area contributed by atoms with Crippen molar-refractivity contribution in [3.63, 3.8) is 0 Å². The highest BCUT2D eigenvalue weighted by Gasteiger charge is 2.51. The topological polar surface area (TPSA) is 55.8 Å². The monoisotopic (exact) mass is 414 g/mol. The van der Waals surface area contributed by atoms with Gasteiger partial charge in [0.05, 0.1) is 17.8 Å². The maximum atomic E-state index is 11.5. The summed E-state index contributed by atoms with van der Waals surface area (Å²) in [6.07, 6.45) is 0.732. The van der Waals surface area contributed by atoms with E-state index >= 15 is 0 Å². The van der Waals surface area contributed by atoms with Crippen LogP contribution < -0.4 is 4.74 Å². The van der Waals surface area contributed by atoms with Crippen molar-refractivity contribution < 1.29 is 19.4 Å². The molecule has 0 aliphatic carbocycles. The average molecular weight is 415 g/mol. The molecule has 2 heterocycles. The zero-order valence-corrected chi connectivity index (χ0v) is 17.9. The number of carboxylic acid groups (broad SMARTS) is 1. The van der Waals surface area contributed by atoms with E-state index < -0.39 is 11.6 Å². The van der Waals surface area contributed by atoms with Crippen molar-refractivity contribution in [2.75, 3.05) is 0 Å². The molecule has 2 aromatic carbocycles. The smallest absolute Gasteiger partial charge is 0.335 e. The highest BCUT2D eigenvalue weighted by atomic mass is 35.5. The molecule has 0 spiro atoms. The highest BCUT2D eigenvalue weighted by molar-refractivity contribution is 6.30. The van der Waals surface area contributed by atoms with Gasteiger partial charge in [0.25, 0.3) is 0 Å². The van der Waals surface area contributed by atoms with Gasteiger partial charge in [-0.05, 0) is 62.1 Å². The molecule has 0 amide bonds. The number of rotatable bonds is 3. The first-order valence-corrected chi connectivity index (χ1v) is 10.5. The van der Waals surface area contributed by atoms with E-state index in [9.17, 15) is 9.90 Å². The summed E-state index contributed by atoms with van der Waals surface area (Å²) in [6, 6.07) is 13.1. The largest absolute Gasteiger partial charge is 0.487 e. The molecular formula is C24H27ClO4. The molecule has 2 aliphatic heterocycles. The number of aromatic carboxylic acids is 1. The van der Waals surface area contributed by atoms with E-state index in [1.165, 1.54) is 5.56 Å². The van der Waals surface area contributed by atoms with Crippen LogP contribution in [0, 0.1) is 11.8 Å². The minimum Gasteiger partial charge on any atom is -0.487 e. The first kappa shape index (κ1) is 20.2. The standard InChI is InChI=1S/C24H27ClO4/c1-13(2)21-17(14-5-8-16(25)9-6-14)12-19-22(28-21)18-11-15(23(26)27)7-10-20(18)29-24(19,3)4/h5-11,13,17,19,21-22H,12H2,1-4H3,(H,26,27)/t17-,19+,21+,22-/m1/s1. The Kier molecular flexibility index (Phi) is 5.12. The second-order valence-electron chi connectivity index (χ2n) is 9.03. The molecule has 5 heteroatoms. The Balaban J connectivity index is 1.77. The molecule has 4 nitrogen and oxygen atoms in total. The Labute approximate surface area is 176 Å². The Hall–Kier alpha value is -2.04. The van der Waals surface area contributed by atoms with Gasteiger partial charge in [0.15, 0.2) is 0 Å². The van der Waals surface area contributed by atoms with Crippen LogP contribution >= 0.6 is 11.6 Å². The number of ether oxygens (including phenoxy) is 2. The zero-order chi connectivity index (χ0) is 20.9. The van der Waals surface area contributed by atoms with Gasteiger partial charge in [0, 0.05) is 22.4 Å². The van der Waals surface area contributed by atoms with Crippen molar-refractivity contribution in [2.45, 2.75) is 57.8 Å². The summed E-state index contributed by atoms with van der Waals surface area (Å²) in [5, 5.41) is 10.2. The lowest BCUT2D eigenvalue weighted by Crippen LogP contribution is -2.51. The Morgan fingerprint density at radius 1 is 1.17 bits per heavy atom. The minimum absolute atomic E-state index is 0.0210. The van der Waals surface area contributed by atoms with Crippen LogP contribution in [0.3, 0.4) is 0 Å². The predicted molar refractivity (Wildman–Crippen MR) is 113 cm³/mol. The van der Waals surface area contributed by atoms with Crippen molar-refractivity contribution in [1.82, 2.24) is 0 Å². The summed E-state index contributed by atoms with van der Waals surface area (Å²) in [4.78, 5) is 11.5. The lowest BCUT2D eigenvalue weighted by Gasteiger charge is -2.52. The molecular weight excluding hydrogens is 388 g/mol. The number of hydrogen-bond donors (Lipinski definition) is 1. The van der Waals surface area contributed by atoms with Crippen LogP contribution in [-0.2, 0) is 4.74 Å². The van der Waals surface area contributed by atoms with Gasteiger partial charge in [-0.2, -0.15) is 0 Å². The van der Waals surface area contributed by atoms with Gasteiger partial charge < -0.3 is 14.6 Å². The molecule has 2 aliphatic rings. The van der Waals surface area contributed by atoms with E-state index in [2.05, 4.69) is 39.8 Å². The van der Waals surface area contributed by atoms with E-state index in [-0.39, 0.29) is 29.6 Å². The lowest BCUT2D eigenvalue weighted by molar-refractivity contribution is -0.169. The molecule has 1 saturated heterocycles. The van der Waals surface area contributed by atoms with Crippen LogP contribution in [0.1, 0.15) is 67.6 Å². The number of hydrogen-bond acceptors (Lipinski definition) is 3. The van der Waals surface area contributed by atoms with Gasteiger partial charge in [-0.3, -0.25) is 0 Å². The Bertz CT molecular complexity index is 919. The molecule has 1 fully saturated rings. The molecule has 154 valence electrons. The maximum Gasteiger partial charge on any atom is 0.335 e. The number of carbonyl (C=O) groups is 1. The Morgan fingerprint density at radius 2 is 1.86 bits per heavy atom. The van der Waals surface area contributed by atoms with Crippen LogP contribution in [0.4, 0.5) is 0 Å². The van der Waals surface area contributed by atoms with E-state index in [0.717, 1.165) is 17.0 Å². The SMILES string of the molecule is CC(C)[C@@H]1O[C@@H]2c3cc(C(=O)O)ccc3OC(C)(C)[C@H]2C[C@@H]1c1ccc(Cl)cc1. The van der Waals surface area contributed by atoms with Crippen LogP contribution in [0.2, 0.25) is 5.02 Å². The minimum atomic E-state index is -0.940. The predicted octanol–water partition coefficient (Wildman–Crippen LogP) is 6.10. The second kappa shape index (κ2) is 7.33. The van der Waals surface area contributed by atoms with Crippen molar-refractivity contribution in [1.29, 1.82) is 0 Å². The van der Waals surface area contributed by atoms with E-state index in [1.54, 1.807) is 18.2 Å². The van der Waals surface area contributed by atoms with Gasteiger partial charge in [-0.25, -0.2) is 4.79 Å². The van der Waals surface area contributed by atoms with Crippen molar-refractivity contribution >= 4 is 17.6 Å². The second-order valence-corrected chi connectivity index (χ2v) is 9.47. The molecule has 0 radical (unpaired) electrons. The highest BCUT2D eigenvalue weighted by Crippen LogP contribution is 2.54.